The normalized spacial score (nSPS) is 10.7. The van der Waals surface area contributed by atoms with Gasteiger partial charge in [0.1, 0.15) is 11.6 Å². The molecule has 0 heterocycles. The third-order valence-corrected chi connectivity index (χ3v) is 2.85. The largest absolute Gasteiger partial charge is 0.435 e. The highest BCUT2D eigenvalue weighted by molar-refractivity contribution is 9.10. The minimum absolute atomic E-state index is 0.0370. The van der Waals surface area contributed by atoms with Gasteiger partial charge in [0.2, 0.25) is 0 Å². The molecule has 0 fully saturated rings. The first-order valence-electron chi connectivity index (χ1n) is 4.98. The molecule has 0 aromatic heterocycles. The Balaban J connectivity index is 2.25. The summed E-state index contributed by atoms with van der Waals surface area (Å²) in [6.07, 6.45) is 0. The van der Waals surface area contributed by atoms with Gasteiger partial charge in [0.15, 0.2) is 0 Å². The molecule has 5 heteroatoms. The van der Waals surface area contributed by atoms with E-state index in [4.69, 9.17) is 0 Å². The van der Waals surface area contributed by atoms with Gasteiger partial charge < -0.3 is 4.74 Å². The van der Waals surface area contributed by atoms with Crippen molar-refractivity contribution < 1.29 is 17.9 Å². The fourth-order valence-electron chi connectivity index (χ4n) is 1.43. The van der Waals surface area contributed by atoms with Crippen molar-refractivity contribution in [3.8, 4) is 16.9 Å². The first-order valence-corrected chi connectivity index (χ1v) is 5.77. The molecule has 0 unspecified atom stereocenters. The van der Waals surface area contributed by atoms with Crippen molar-refractivity contribution in [1.82, 2.24) is 0 Å². The Labute approximate surface area is 110 Å². The predicted molar refractivity (Wildman–Crippen MR) is 65.0 cm³/mol. The maximum Gasteiger partial charge on any atom is 0.387 e. The van der Waals surface area contributed by atoms with Crippen molar-refractivity contribution in [3.05, 3.63) is 52.8 Å². The average Bonchev–Trinajstić information content (AvgIpc) is 2.33. The van der Waals surface area contributed by atoms with E-state index in [-0.39, 0.29) is 11.6 Å². The topological polar surface area (TPSA) is 9.23 Å². The van der Waals surface area contributed by atoms with Crippen LogP contribution in [0.25, 0.3) is 11.1 Å². The average molecular weight is 316 g/mol. The molecule has 1 nitrogen and oxygen atoms in total. The van der Waals surface area contributed by atoms with Crippen LogP contribution >= 0.6 is 15.9 Å². The number of rotatable bonds is 3. The number of hydrogen-bond acceptors (Lipinski definition) is 1. The van der Waals surface area contributed by atoms with Crippen LogP contribution in [0.2, 0.25) is 0 Å². The minimum atomic E-state index is -2.86. The molecular formula is C13H7BrF3O. The van der Waals surface area contributed by atoms with E-state index >= 15 is 0 Å². The van der Waals surface area contributed by atoms with Crippen LogP contribution in [0, 0.1) is 11.9 Å². The van der Waals surface area contributed by atoms with Gasteiger partial charge in [0.05, 0.1) is 4.47 Å². The Morgan fingerprint density at radius 1 is 1.17 bits per heavy atom. The molecule has 18 heavy (non-hydrogen) atoms. The van der Waals surface area contributed by atoms with E-state index in [1.807, 2.05) is 0 Å². The summed E-state index contributed by atoms with van der Waals surface area (Å²) in [5.74, 6) is -0.327. The van der Waals surface area contributed by atoms with Gasteiger partial charge in [-0.2, -0.15) is 8.78 Å². The summed E-state index contributed by atoms with van der Waals surface area (Å²) in [6.45, 7) is -2.86. The summed E-state index contributed by atoms with van der Waals surface area (Å²) < 4.78 is 41.5. The SMILES string of the molecule is Fc1ccc(-c2[c]cc(OC(F)F)cc2)cc1Br. The summed E-state index contributed by atoms with van der Waals surface area (Å²) >= 11 is 3.08. The van der Waals surface area contributed by atoms with Crippen LogP contribution in [0.1, 0.15) is 0 Å². The van der Waals surface area contributed by atoms with Gasteiger partial charge in [-0.15, -0.1) is 0 Å². The zero-order valence-electron chi connectivity index (χ0n) is 8.96. The van der Waals surface area contributed by atoms with Crippen molar-refractivity contribution in [2.24, 2.45) is 0 Å². The van der Waals surface area contributed by atoms with Crippen molar-refractivity contribution in [3.63, 3.8) is 0 Å². The van der Waals surface area contributed by atoms with Crippen LogP contribution in [0.15, 0.2) is 40.9 Å². The Morgan fingerprint density at radius 3 is 2.50 bits per heavy atom. The molecule has 2 aromatic rings. The van der Waals surface area contributed by atoms with Crippen molar-refractivity contribution in [2.45, 2.75) is 6.61 Å². The van der Waals surface area contributed by atoms with E-state index in [1.165, 1.54) is 18.2 Å². The van der Waals surface area contributed by atoms with E-state index < -0.39 is 6.61 Å². The summed E-state index contributed by atoms with van der Waals surface area (Å²) in [7, 11) is 0. The Kier molecular flexibility index (Phi) is 3.91. The highest BCUT2D eigenvalue weighted by Gasteiger charge is 2.06. The van der Waals surface area contributed by atoms with Gasteiger partial charge in [0, 0.05) is 0 Å². The van der Waals surface area contributed by atoms with Crippen LogP contribution in [-0.4, -0.2) is 6.61 Å². The quantitative estimate of drug-likeness (QED) is 0.800. The van der Waals surface area contributed by atoms with Crippen LogP contribution < -0.4 is 4.74 Å². The highest BCUT2D eigenvalue weighted by Crippen LogP contribution is 2.26. The van der Waals surface area contributed by atoms with Gasteiger partial charge >= 0.3 is 6.61 Å². The van der Waals surface area contributed by atoms with E-state index in [1.54, 1.807) is 18.2 Å². The molecule has 2 aromatic carbocycles. The van der Waals surface area contributed by atoms with Gasteiger partial charge in [0.25, 0.3) is 0 Å². The second-order valence-electron chi connectivity index (χ2n) is 3.45. The van der Waals surface area contributed by atoms with Gasteiger partial charge in [-0.05, 0) is 57.4 Å². The first-order chi connectivity index (χ1) is 8.56. The third kappa shape index (κ3) is 3.04. The van der Waals surface area contributed by atoms with Crippen molar-refractivity contribution >= 4 is 15.9 Å². The van der Waals surface area contributed by atoms with Crippen molar-refractivity contribution in [2.75, 3.05) is 0 Å². The van der Waals surface area contributed by atoms with Crippen LogP contribution in [0.5, 0.6) is 5.75 Å². The maximum atomic E-state index is 13.1. The fourth-order valence-corrected chi connectivity index (χ4v) is 1.81. The molecular weight excluding hydrogens is 309 g/mol. The summed E-state index contributed by atoms with van der Waals surface area (Å²) in [4.78, 5) is 0. The molecule has 2 rings (SSSR count). The molecule has 0 atom stereocenters. The van der Waals surface area contributed by atoms with Crippen LogP contribution in [-0.2, 0) is 0 Å². The monoisotopic (exact) mass is 315 g/mol. The molecule has 0 aliphatic rings. The number of hydrogen-bond donors (Lipinski definition) is 0. The Hall–Kier alpha value is -1.49. The maximum absolute atomic E-state index is 13.1. The second kappa shape index (κ2) is 5.44. The number of halogens is 4. The molecule has 0 aliphatic carbocycles. The first kappa shape index (κ1) is 13.0. The lowest BCUT2D eigenvalue weighted by Crippen LogP contribution is -2.01. The molecule has 0 N–H and O–H groups in total. The molecule has 0 aliphatic heterocycles. The van der Waals surface area contributed by atoms with E-state index in [0.29, 0.717) is 10.0 Å². The lowest BCUT2D eigenvalue weighted by atomic mass is 10.1. The number of benzene rings is 2. The van der Waals surface area contributed by atoms with Crippen LogP contribution in [0.4, 0.5) is 13.2 Å². The molecule has 0 amide bonds. The van der Waals surface area contributed by atoms with Gasteiger partial charge in [-0.3, -0.25) is 0 Å². The highest BCUT2D eigenvalue weighted by atomic mass is 79.9. The number of alkyl halides is 2. The van der Waals surface area contributed by atoms with E-state index in [9.17, 15) is 13.2 Å². The summed E-state index contributed by atoms with van der Waals surface area (Å²) in [5.41, 5.74) is 1.39. The van der Waals surface area contributed by atoms with E-state index in [0.717, 1.165) is 5.56 Å². The molecule has 0 saturated heterocycles. The molecule has 0 spiro atoms. The zero-order valence-corrected chi connectivity index (χ0v) is 10.5. The zero-order chi connectivity index (χ0) is 13.1. The minimum Gasteiger partial charge on any atom is -0.435 e. The second-order valence-corrected chi connectivity index (χ2v) is 4.30. The predicted octanol–water partition coefficient (Wildman–Crippen LogP) is 4.66. The molecule has 93 valence electrons. The molecule has 0 saturated carbocycles. The fraction of sp³-hybridized carbons (Fsp3) is 0.0769. The van der Waals surface area contributed by atoms with Gasteiger partial charge in [-0.25, -0.2) is 4.39 Å². The van der Waals surface area contributed by atoms with Crippen LogP contribution in [0.3, 0.4) is 0 Å². The Bertz CT molecular complexity index is 540. The Morgan fingerprint density at radius 2 is 1.94 bits per heavy atom. The summed E-state index contributed by atoms with van der Waals surface area (Å²) in [6, 6.07) is 11.6. The van der Waals surface area contributed by atoms with Gasteiger partial charge in [-0.1, -0.05) is 12.1 Å². The third-order valence-electron chi connectivity index (χ3n) is 2.24. The van der Waals surface area contributed by atoms with E-state index in [2.05, 4.69) is 26.7 Å². The van der Waals surface area contributed by atoms with Crippen molar-refractivity contribution in [1.29, 1.82) is 0 Å². The summed E-state index contributed by atoms with van der Waals surface area (Å²) in [5, 5.41) is 0. The smallest absolute Gasteiger partial charge is 0.387 e. The standard InChI is InChI=1S/C13H7BrF3O/c14-11-7-9(3-6-12(11)15)8-1-4-10(5-2-8)18-13(16)17/h1,3-7,13H. The lowest BCUT2D eigenvalue weighted by molar-refractivity contribution is -0.0498. The number of ether oxygens (including phenoxy) is 1. The lowest BCUT2D eigenvalue weighted by Gasteiger charge is -2.06. The molecule has 0 bridgehead atoms. The molecule has 1 radical (unpaired) electrons.